The number of amides is 2. The van der Waals surface area contributed by atoms with E-state index >= 15 is 0 Å². The summed E-state index contributed by atoms with van der Waals surface area (Å²) in [6.07, 6.45) is 0. The van der Waals surface area contributed by atoms with Gasteiger partial charge in [0.25, 0.3) is 5.91 Å². The Morgan fingerprint density at radius 3 is 2.31 bits per heavy atom. The van der Waals surface area contributed by atoms with E-state index in [-0.39, 0.29) is 24.4 Å². The highest BCUT2D eigenvalue weighted by atomic mass is 35.5. The number of hydrogen-bond acceptors (Lipinski definition) is 2. The van der Waals surface area contributed by atoms with Gasteiger partial charge in [0.05, 0.1) is 0 Å². The van der Waals surface area contributed by atoms with Gasteiger partial charge in [-0.3, -0.25) is 9.59 Å². The van der Waals surface area contributed by atoms with Gasteiger partial charge in [-0.15, -0.1) is 0 Å². The maximum atomic E-state index is 13.2. The Labute approximate surface area is 163 Å². The number of nitrogens with zero attached hydrogens (tertiary/aromatic N) is 2. The summed E-state index contributed by atoms with van der Waals surface area (Å²) in [4.78, 5) is 29.3. The first kappa shape index (κ1) is 18.7. The first-order valence-corrected chi connectivity index (χ1v) is 9.23. The molecule has 4 nitrogen and oxygen atoms in total. The summed E-state index contributed by atoms with van der Waals surface area (Å²) in [5.74, 6) is -0.208. The van der Waals surface area contributed by atoms with Crippen molar-refractivity contribution >= 4 is 35.0 Å². The predicted molar refractivity (Wildman–Crippen MR) is 103 cm³/mol. The minimum Gasteiger partial charge on any atom is -0.329 e. The first-order chi connectivity index (χ1) is 12.4. The summed E-state index contributed by atoms with van der Waals surface area (Å²) in [6, 6.07) is 13.7. The molecule has 2 aromatic carbocycles. The lowest BCUT2D eigenvalue weighted by atomic mass is 9.99. The van der Waals surface area contributed by atoms with Gasteiger partial charge in [-0.2, -0.15) is 0 Å². The summed E-state index contributed by atoms with van der Waals surface area (Å²) in [7, 11) is 0. The van der Waals surface area contributed by atoms with Gasteiger partial charge < -0.3 is 9.80 Å². The summed E-state index contributed by atoms with van der Waals surface area (Å²) < 4.78 is 0. The normalized spacial score (nSPS) is 18.0. The lowest BCUT2D eigenvalue weighted by Gasteiger charge is -2.42. The second-order valence-electron chi connectivity index (χ2n) is 6.63. The van der Waals surface area contributed by atoms with E-state index in [9.17, 15) is 9.59 Å². The van der Waals surface area contributed by atoms with E-state index in [4.69, 9.17) is 23.2 Å². The van der Waals surface area contributed by atoms with Crippen LogP contribution in [0.5, 0.6) is 0 Å². The van der Waals surface area contributed by atoms with E-state index in [0.717, 1.165) is 5.56 Å². The molecule has 1 fully saturated rings. The Morgan fingerprint density at radius 2 is 1.69 bits per heavy atom. The Bertz CT molecular complexity index is 821. The SMILES string of the molecule is CC(C)N1CC(=O)N(Cc2ccc(Cl)cc2)C(c2ccccc2Cl)C1=O. The zero-order valence-corrected chi connectivity index (χ0v) is 16.2. The van der Waals surface area contributed by atoms with Crippen LogP contribution in [0.15, 0.2) is 48.5 Å². The number of halogens is 2. The van der Waals surface area contributed by atoms with Gasteiger partial charge in [0, 0.05) is 28.2 Å². The molecule has 0 radical (unpaired) electrons. The third-order valence-electron chi connectivity index (χ3n) is 4.54. The van der Waals surface area contributed by atoms with Gasteiger partial charge >= 0.3 is 0 Å². The Morgan fingerprint density at radius 1 is 1.04 bits per heavy atom. The van der Waals surface area contributed by atoms with Crippen LogP contribution < -0.4 is 0 Å². The van der Waals surface area contributed by atoms with E-state index in [1.807, 2.05) is 38.1 Å². The van der Waals surface area contributed by atoms with Crippen LogP contribution in [0.3, 0.4) is 0 Å². The molecule has 1 unspecified atom stereocenters. The first-order valence-electron chi connectivity index (χ1n) is 8.47. The lowest BCUT2D eigenvalue weighted by Crippen LogP contribution is -2.57. The zero-order valence-electron chi connectivity index (χ0n) is 14.7. The molecule has 0 aliphatic carbocycles. The minimum absolute atomic E-state index is 0.0610. The molecule has 0 spiro atoms. The smallest absolute Gasteiger partial charge is 0.250 e. The van der Waals surface area contributed by atoms with Gasteiger partial charge in [-0.25, -0.2) is 0 Å². The maximum Gasteiger partial charge on any atom is 0.250 e. The van der Waals surface area contributed by atoms with Crippen molar-refractivity contribution in [2.45, 2.75) is 32.5 Å². The van der Waals surface area contributed by atoms with Crippen molar-refractivity contribution in [3.05, 3.63) is 69.7 Å². The molecule has 0 bridgehead atoms. The number of carbonyl (C=O) groups excluding carboxylic acids is 2. The second kappa shape index (κ2) is 7.68. The van der Waals surface area contributed by atoms with Gasteiger partial charge in [0.1, 0.15) is 12.6 Å². The van der Waals surface area contributed by atoms with Crippen LogP contribution in [0, 0.1) is 0 Å². The molecule has 136 valence electrons. The minimum atomic E-state index is -0.733. The van der Waals surface area contributed by atoms with Crippen molar-refractivity contribution in [3.8, 4) is 0 Å². The third kappa shape index (κ3) is 3.71. The molecule has 0 N–H and O–H groups in total. The fourth-order valence-electron chi connectivity index (χ4n) is 3.15. The summed E-state index contributed by atoms with van der Waals surface area (Å²) >= 11 is 12.3. The van der Waals surface area contributed by atoms with Crippen LogP contribution in [0.1, 0.15) is 31.0 Å². The monoisotopic (exact) mass is 390 g/mol. The fraction of sp³-hybridized carbons (Fsp3) is 0.300. The molecule has 26 heavy (non-hydrogen) atoms. The summed E-state index contributed by atoms with van der Waals surface area (Å²) in [5, 5.41) is 1.11. The van der Waals surface area contributed by atoms with Crippen LogP contribution in [0.2, 0.25) is 10.0 Å². The number of rotatable bonds is 4. The average Bonchev–Trinajstić information content (AvgIpc) is 2.60. The highest BCUT2D eigenvalue weighted by Gasteiger charge is 2.41. The van der Waals surface area contributed by atoms with Crippen molar-refractivity contribution in [3.63, 3.8) is 0 Å². The van der Waals surface area contributed by atoms with Crippen molar-refractivity contribution < 1.29 is 9.59 Å². The molecule has 0 aromatic heterocycles. The quantitative estimate of drug-likeness (QED) is 0.779. The zero-order chi connectivity index (χ0) is 18.8. The highest BCUT2D eigenvalue weighted by molar-refractivity contribution is 6.31. The summed E-state index contributed by atoms with van der Waals surface area (Å²) in [5.41, 5.74) is 1.55. The van der Waals surface area contributed by atoms with Crippen molar-refractivity contribution in [2.24, 2.45) is 0 Å². The number of carbonyl (C=O) groups is 2. The maximum absolute atomic E-state index is 13.2. The Hall–Kier alpha value is -2.04. The van der Waals surface area contributed by atoms with E-state index in [1.54, 1.807) is 34.1 Å². The molecule has 1 aliphatic heterocycles. The molecule has 0 saturated carbocycles. The van der Waals surface area contributed by atoms with E-state index in [0.29, 0.717) is 22.2 Å². The highest BCUT2D eigenvalue weighted by Crippen LogP contribution is 2.34. The van der Waals surface area contributed by atoms with Gasteiger partial charge in [-0.05, 0) is 37.6 Å². The largest absolute Gasteiger partial charge is 0.329 e. The van der Waals surface area contributed by atoms with E-state index in [2.05, 4.69) is 0 Å². The van der Waals surface area contributed by atoms with E-state index in [1.165, 1.54) is 0 Å². The van der Waals surface area contributed by atoms with E-state index < -0.39 is 6.04 Å². The molecule has 1 saturated heterocycles. The van der Waals surface area contributed by atoms with Gasteiger partial charge in [-0.1, -0.05) is 53.5 Å². The molecule has 1 atom stereocenters. The molecule has 6 heteroatoms. The van der Waals surface area contributed by atoms with Crippen LogP contribution in [0.4, 0.5) is 0 Å². The molecule has 3 rings (SSSR count). The number of hydrogen-bond donors (Lipinski definition) is 0. The molecular weight excluding hydrogens is 371 g/mol. The summed E-state index contributed by atoms with van der Waals surface area (Å²) in [6.45, 7) is 4.21. The van der Waals surface area contributed by atoms with Crippen molar-refractivity contribution in [1.82, 2.24) is 9.80 Å². The fourth-order valence-corrected chi connectivity index (χ4v) is 3.51. The molecule has 2 aromatic rings. The number of piperazine rings is 1. The lowest BCUT2D eigenvalue weighted by molar-refractivity contribution is -0.158. The van der Waals surface area contributed by atoms with Crippen LogP contribution in [-0.2, 0) is 16.1 Å². The van der Waals surface area contributed by atoms with Crippen LogP contribution >= 0.6 is 23.2 Å². The van der Waals surface area contributed by atoms with Crippen LogP contribution in [0.25, 0.3) is 0 Å². The van der Waals surface area contributed by atoms with Crippen molar-refractivity contribution in [2.75, 3.05) is 6.54 Å². The topological polar surface area (TPSA) is 40.6 Å². The predicted octanol–water partition coefficient (Wildman–Crippen LogP) is 4.31. The number of benzene rings is 2. The Balaban J connectivity index is 2.01. The molecular formula is C20H20Cl2N2O2. The second-order valence-corrected chi connectivity index (χ2v) is 7.48. The average molecular weight is 391 g/mol. The van der Waals surface area contributed by atoms with Gasteiger partial charge in [0.15, 0.2) is 0 Å². The third-order valence-corrected chi connectivity index (χ3v) is 5.14. The van der Waals surface area contributed by atoms with Crippen molar-refractivity contribution in [1.29, 1.82) is 0 Å². The van der Waals surface area contributed by atoms with Crippen LogP contribution in [-0.4, -0.2) is 34.2 Å². The standard InChI is InChI=1S/C20H20Cl2N2O2/c1-13(2)23-12-18(25)24(11-14-7-9-15(21)10-8-14)19(20(23)26)16-5-3-4-6-17(16)22/h3-10,13,19H,11-12H2,1-2H3. The molecule has 2 amide bonds. The Kier molecular flexibility index (Phi) is 5.54. The molecule has 1 aliphatic rings. The molecule has 1 heterocycles. The van der Waals surface area contributed by atoms with Gasteiger partial charge in [0.2, 0.25) is 5.91 Å².